The second-order valence-corrected chi connectivity index (χ2v) is 6.73. The first-order valence-electron chi connectivity index (χ1n) is 8.52. The Morgan fingerprint density at radius 3 is 2.67 bits per heavy atom. The first kappa shape index (κ1) is 18.9. The second kappa shape index (κ2) is 10.5. The van der Waals surface area contributed by atoms with Gasteiger partial charge in [0.2, 0.25) is 0 Å². The Morgan fingerprint density at radius 2 is 2.00 bits per heavy atom. The van der Waals surface area contributed by atoms with E-state index in [1.807, 2.05) is 0 Å². The SMILES string of the molecule is COCCCOCCOC1(CNC(C)C)CCCC(C)C1. The van der Waals surface area contributed by atoms with Crippen LogP contribution in [0.3, 0.4) is 0 Å². The Bertz CT molecular complexity index is 260. The molecule has 0 radical (unpaired) electrons. The summed E-state index contributed by atoms with van der Waals surface area (Å²) in [6, 6.07) is 0.507. The van der Waals surface area contributed by atoms with Gasteiger partial charge >= 0.3 is 0 Å². The van der Waals surface area contributed by atoms with Crippen molar-refractivity contribution < 1.29 is 14.2 Å². The summed E-state index contributed by atoms with van der Waals surface area (Å²) in [5, 5.41) is 3.56. The smallest absolute Gasteiger partial charge is 0.0810 e. The molecule has 1 saturated carbocycles. The van der Waals surface area contributed by atoms with Crippen molar-refractivity contribution in [2.45, 2.75) is 64.5 Å². The Balaban J connectivity index is 2.28. The van der Waals surface area contributed by atoms with Crippen molar-refractivity contribution in [3.8, 4) is 0 Å². The predicted molar refractivity (Wildman–Crippen MR) is 86.8 cm³/mol. The van der Waals surface area contributed by atoms with Crippen LogP contribution in [-0.2, 0) is 14.2 Å². The van der Waals surface area contributed by atoms with Crippen molar-refractivity contribution in [3.05, 3.63) is 0 Å². The summed E-state index contributed by atoms with van der Waals surface area (Å²) in [7, 11) is 1.72. The normalized spacial score (nSPS) is 26.4. The molecule has 2 unspecified atom stereocenters. The third-order valence-electron chi connectivity index (χ3n) is 4.16. The predicted octanol–water partition coefficient (Wildman–Crippen LogP) is 3.00. The topological polar surface area (TPSA) is 39.7 Å². The quantitative estimate of drug-likeness (QED) is 0.596. The minimum Gasteiger partial charge on any atom is -0.385 e. The maximum absolute atomic E-state index is 6.28. The summed E-state index contributed by atoms with van der Waals surface area (Å²) in [6.07, 6.45) is 5.89. The van der Waals surface area contributed by atoms with Gasteiger partial charge in [0.05, 0.1) is 18.8 Å². The summed E-state index contributed by atoms with van der Waals surface area (Å²) >= 11 is 0. The average Bonchev–Trinajstić information content (AvgIpc) is 2.44. The number of nitrogens with one attached hydrogen (secondary N) is 1. The van der Waals surface area contributed by atoms with Gasteiger partial charge in [-0.2, -0.15) is 0 Å². The first-order chi connectivity index (χ1) is 10.1. The molecule has 1 fully saturated rings. The molecule has 0 aromatic carbocycles. The number of rotatable bonds is 11. The van der Waals surface area contributed by atoms with Crippen LogP contribution >= 0.6 is 0 Å². The molecule has 2 atom stereocenters. The van der Waals surface area contributed by atoms with Crippen LogP contribution in [0.5, 0.6) is 0 Å². The minimum atomic E-state index is 0.0117. The average molecular weight is 301 g/mol. The number of methoxy groups -OCH3 is 1. The van der Waals surface area contributed by atoms with Gasteiger partial charge in [-0.25, -0.2) is 0 Å². The fourth-order valence-electron chi connectivity index (χ4n) is 3.07. The molecule has 0 amide bonds. The molecule has 4 heteroatoms. The van der Waals surface area contributed by atoms with E-state index >= 15 is 0 Å². The van der Waals surface area contributed by atoms with Crippen molar-refractivity contribution in [3.63, 3.8) is 0 Å². The van der Waals surface area contributed by atoms with E-state index in [4.69, 9.17) is 14.2 Å². The third-order valence-corrected chi connectivity index (χ3v) is 4.16. The Labute approximate surface area is 130 Å². The van der Waals surface area contributed by atoms with Crippen molar-refractivity contribution in [2.24, 2.45) is 5.92 Å². The van der Waals surface area contributed by atoms with Gasteiger partial charge in [0, 0.05) is 32.9 Å². The molecule has 0 aromatic heterocycles. The molecule has 126 valence electrons. The summed E-state index contributed by atoms with van der Waals surface area (Å²) in [5.74, 6) is 0.760. The molecular weight excluding hydrogens is 266 g/mol. The number of ether oxygens (including phenoxy) is 3. The molecule has 0 spiro atoms. The van der Waals surface area contributed by atoms with Crippen LogP contribution in [0.15, 0.2) is 0 Å². The van der Waals surface area contributed by atoms with Crippen LogP contribution in [0.1, 0.15) is 52.9 Å². The summed E-state index contributed by atoms with van der Waals surface area (Å²) in [6.45, 7) is 10.6. The Kier molecular flexibility index (Phi) is 9.49. The maximum atomic E-state index is 6.28. The zero-order valence-corrected chi connectivity index (χ0v) is 14.5. The van der Waals surface area contributed by atoms with Crippen molar-refractivity contribution in [2.75, 3.05) is 40.1 Å². The summed E-state index contributed by atoms with van der Waals surface area (Å²) in [5.41, 5.74) is 0.0117. The zero-order chi connectivity index (χ0) is 15.6. The molecule has 1 N–H and O–H groups in total. The lowest BCUT2D eigenvalue weighted by atomic mass is 9.78. The molecule has 0 saturated heterocycles. The van der Waals surface area contributed by atoms with Gasteiger partial charge in [-0.05, 0) is 25.2 Å². The van der Waals surface area contributed by atoms with Crippen LogP contribution in [0.25, 0.3) is 0 Å². The fraction of sp³-hybridized carbons (Fsp3) is 1.00. The molecule has 1 rings (SSSR count). The molecule has 1 aliphatic rings. The monoisotopic (exact) mass is 301 g/mol. The lowest BCUT2D eigenvalue weighted by Crippen LogP contribution is -2.48. The molecular formula is C17H35NO3. The van der Waals surface area contributed by atoms with E-state index in [1.165, 1.54) is 19.3 Å². The van der Waals surface area contributed by atoms with E-state index in [-0.39, 0.29) is 5.60 Å². The van der Waals surface area contributed by atoms with Gasteiger partial charge in [0.1, 0.15) is 0 Å². The third kappa shape index (κ3) is 8.15. The molecule has 0 bridgehead atoms. The van der Waals surface area contributed by atoms with Gasteiger partial charge in [-0.1, -0.05) is 33.6 Å². The van der Waals surface area contributed by atoms with Gasteiger partial charge in [-0.3, -0.25) is 0 Å². The van der Waals surface area contributed by atoms with Crippen LogP contribution in [-0.4, -0.2) is 51.7 Å². The number of hydrogen-bond donors (Lipinski definition) is 1. The van der Waals surface area contributed by atoms with Crippen LogP contribution in [0, 0.1) is 5.92 Å². The highest BCUT2D eigenvalue weighted by Gasteiger charge is 2.35. The highest BCUT2D eigenvalue weighted by atomic mass is 16.5. The van der Waals surface area contributed by atoms with E-state index in [2.05, 4.69) is 26.1 Å². The summed E-state index contributed by atoms with van der Waals surface area (Å²) < 4.78 is 16.9. The number of hydrogen-bond acceptors (Lipinski definition) is 4. The lowest BCUT2D eigenvalue weighted by Gasteiger charge is -2.40. The molecule has 4 nitrogen and oxygen atoms in total. The van der Waals surface area contributed by atoms with E-state index in [9.17, 15) is 0 Å². The van der Waals surface area contributed by atoms with Gasteiger partial charge < -0.3 is 19.5 Å². The van der Waals surface area contributed by atoms with Gasteiger partial charge in [-0.15, -0.1) is 0 Å². The highest BCUT2D eigenvalue weighted by molar-refractivity contribution is 4.89. The minimum absolute atomic E-state index is 0.0117. The maximum Gasteiger partial charge on any atom is 0.0810 e. The van der Waals surface area contributed by atoms with Crippen molar-refractivity contribution >= 4 is 0 Å². The van der Waals surface area contributed by atoms with Crippen LogP contribution in [0.2, 0.25) is 0 Å². The fourth-order valence-corrected chi connectivity index (χ4v) is 3.07. The Morgan fingerprint density at radius 1 is 1.19 bits per heavy atom. The molecule has 0 heterocycles. The highest BCUT2D eigenvalue weighted by Crippen LogP contribution is 2.34. The molecule has 1 aliphatic carbocycles. The largest absolute Gasteiger partial charge is 0.385 e. The molecule has 0 aromatic rings. The lowest BCUT2D eigenvalue weighted by molar-refractivity contribution is -0.0964. The molecule has 21 heavy (non-hydrogen) atoms. The first-order valence-corrected chi connectivity index (χ1v) is 8.52. The Hall–Kier alpha value is -0.160. The van der Waals surface area contributed by atoms with Gasteiger partial charge in [0.15, 0.2) is 0 Å². The van der Waals surface area contributed by atoms with Crippen LogP contribution < -0.4 is 5.32 Å². The molecule has 0 aliphatic heterocycles. The van der Waals surface area contributed by atoms with Gasteiger partial charge in [0.25, 0.3) is 0 Å². The summed E-state index contributed by atoms with van der Waals surface area (Å²) in [4.78, 5) is 0. The van der Waals surface area contributed by atoms with E-state index in [0.717, 1.165) is 38.5 Å². The van der Waals surface area contributed by atoms with Crippen molar-refractivity contribution in [1.29, 1.82) is 0 Å². The van der Waals surface area contributed by atoms with E-state index in [1.54, 1.807) is 7.11 Å². The van der Waals surface area contributed by atoms with E-state index < -0.39 is 0 Å². The van der Waals surface area contributed by atoms with Crippen molar-refractivity contribution in [1.82, 2.24) is 5.32 Å². The zero-order valence-electron chi connectivity index (χ0n) is 14.5. The van der Waals surface area contributed by atoms with E-state index in [0.29, 0.717) is 19.3 Å². The van der Waals surface area contributed by atoms with Crippen LogP contribution in [0.4, 0.5) is 0 Å². The standard InChI is InChI=1S/C17H35NO3/c1-15(2)18-14-17(8-5-7-16(3)13-17)21-12-11-20-10-6-9-19-4/h15-16,18H,5-14H2,1-4H3. The second-order valence-electron chi connectivity index (χ2n) is 6.73.